The van der Waals surface area contributed by atoms with Gasteiger partial charge in [-0.1, -0.05) is 16.6 Å². The topological polar surface area (TPSA) is 115 Å². The molecule has 5 rings (SSSR count). The lowest BCUT2D eigenvalue weighted by Gasteiger charge is -2.28. The molecule has 11 heteroatoms. The van der Waals surface area contributed by atoms with Crippen molar-refractivity contribution >= 4 is 34.0 Å². The number of nitrogens with one attached hydrogen (secondary N) is 1. The summed E-state index contributed by atoms with van der Waals surface area (Å²) in [5, 5.41) is 21.8. The van der Waals surface area contributed by atoms with Crippen LogP contribution in [0.5, 0.6) is 0 Å². The summed E-state index contributed by atoms with van der Waals surface area (Å²) in [6.07, 6.45) is 7.09. The summed E-state index contributed by atoms with van der Waals surface area (Å²) in [4.78, 5) is 23.7. The summed E-state index contributed by atoms with van der Waals surface area (Å²) in [6.45, 7) is 3.94. The maximum atomic E-state index is 12.7. The maximum absolute atomic E-state index is 12.7. The van der Waals surface area contributed by atoms with Gasteiger partial charge in [-0.2, -0.15) is 0 Å². The van der Waals surface area contributed by atoms with E-state index in [0.29, 0.717) is 5.82 Å². The largest absolute Gasteiger partial charge is 0.306 e. The van der Waals surface area contributed by atoms with Crippen LogP contribution < -0.4 is 5.32 Å². The summed E-state index contributed by atoms with van der Waals surface area (Å²) in [5.41, 5.74) is 1.89. The van der Waals surface area contributed by atoms with Gasteiger partial charge in [0, 0.05) is 17.1 Å². The van der Waals surface area contributed by atoms with Crippen molar-refractivity contribution in [2.24, 2.45) is 0 Å². The Morgan fingerprint density at radius 2 is 1.97 bits per heavy atom. The summed E-state index contributed by atoms with van der Waals surface area (Å²) in [5.74, 6) is 0.0913. The monoisotopic (exact) mass is 435 g/mol. The average molecular weight is 436 g/mol. The second-order valence-electron chi connectivity index (χ2n) is 7.68. The minimum absolute atomic E-state index is 0.275. The third-order valence-corrected chi connectivity index (χ3v) is 6.28. The number of carbonyl (C=O) groups excluding carboxylic acids is 1. The number of aryl methyl sites for hydroxylation is 1. The third kappa shape index (κ3) is 4.14. The van der Waals surface area contributed by atoms with Crippen molar-refractivity contribution in [2.75, 3.05) is 25.5 Å². The van der Waals surface area contributed by atoms with Gasteiger partial charge in [0.25, 0.3) is 5.91 Å². The molecule has 0 unspecified atom stereocenters. The number of piperidine rings is 1. The van der Waals surface area contributed by atoms with Gasteiger partial charge in [0.05, 0.1) is 24.0 Å². The molecule has 0 spiro atoms. The van der Waals surface area contributed by atoms with Gasteiger partial charge in [0.1, 0.15) is 15.8 Å². The first-order valence-electron chi connectivity index (χ1n) is 10.0. The number of carbonyl (C=O) groups is 1. The van der Waals surface area contributed by atoms with Crippen molar-refractivity contribution in [3.63, 3.8) is 0 Å². The van der Waals surface area contributed by atoms with E-state index in [1.807, 2.05) is 13.0 Å². The van der Waals surface area contributed by atoms with Crippen LogP contribution in [0.4, 0.5) is 5.82 Å². The second kappa shape index (κ2) is 8.08. The number of nitrogens with zero attached hydrogens (tertiary/aromatic N) is 8. The fourth-order valence-electron chi connectivity index (χ4n) is 3.63. The molecule has 10 nitrogen and oxygen atoms in total. The zero-order chi connectivity index (χ0) is 21.4. The van der Waals surface area contributed by atoms with Crippen LogP contribution in [0.2, 0.25) is 0 Å². The van der Waals surface area contributed by atoms with Crippen LogP contribution in [-0.4, -0.2) is 66.1 Å². The van der Waals surface area contributed by atoms with Crippen LogP contribution in [0.3, 0.4) is 0 Å². The first kappa shape index (κ1) is 19.6. The predicted molar refractivity (Wildman–Crippen MR) is 117 cm³/mol. The first-order chi connectivity index (χ1) is 15.0. The quantitative estimate of drug-likeness (QED) is 0.520. The predicted octanol–water partition coefficient (Wildman–Crippen LogP) is 2.57. The Labute approximate surface area is 182 Å². The molecular weight excluding hydrogens is 414 g/mol. The molecule has 31 heavy (non-hydrogen) atoms. The van der Waals surface area contributed by atoms with Crippen LogP contribution in [0.15, 0.2) is 30.7 Å². The third-order valence-electron chi connectivity index (χ3n) is 5.39. The molecule has 1 aliphatic rings. The van der Waals surface area contributed by atoms with Gasteiger partial charge in [-0.05, 0) is 52.0 Å². The summed E-state index contributed by atoms with van der Waals surface area (Å²) in [7, 11) is 2.11. The number of fused-ring (bicyclic) bond motifs is 1. The number of amides is 1. The minimum Gasteiger partial charge on any atom is -0.306 e. The lowest BCUT2D eigenvalue weighted by molar-refractivity contribution is 0.102. The number of aromatic nitrogens is 7. The van der Waals surface area contributed by atoms with E-state index >= 15 is 0 Å². The molecule has 0 radical (unpaired) electrons. The summed E-state index contributed by atoms with van der Waals surface area (Å²) in [6, 6.07) is 4.03. The lowest BCUT2D eigenvalue weighted by atomic mass is 10.1. The standard InChI is InChI=1S/C20H21N9OS/c1-12-24-26-20(31-12)14-7-13-8-18(22-10-16(13)21-9-14)23-19(30)17-11-29(27-25-17)15-3-5-28(2)6-4-15/h7-11,15H,3-6H2,1-2H3,(H,22,23,30). The van der Waals surface area contributed by atoms with E-state index < -0.39 is 0 Å². The summed E-state index contributed by atoms with van der Waals surface area (Å²) < 4.78 is 1.80. The molecule has 158 valence electrons. The summed E-state index contributed by atoms with van der Waals surface area (Å²) >= 11 is 1.51. The SMILES string of the molecule is Cc1nnc(-c2cnc3cnc(NC(=O)c4cn(C5CCN(C)CC5)nn4)cc3c2)s1. The van der Waals surface area contributed by atoms with Crippen LogP contribution in [-0.2, 0) is 0 Å². The molecular formula is C20H21N9OS. The Balaban J connectivity index is 1.33. The van der Waals surface area contributed by atoms with Crippen LogP contribution in [0, 0.1) is 6.92 Å². The number of hydrogen-bond acceptors (Lipinski definition) is 9. The molecule has 0 aromatic carbocycles. The highest BCUT2D eigenvalue weighted by Crippen LogP contribution is 2.26. The van der Waals surface area contributed by atoms with Crippen molar-refractivity contribution in [3.8, 4) is 10.6 Å². The molecule has 5 heterocycles. The van der Waals surface area contributed by atoms with E-state index in [1.54, 1.807) is 29.3 Å². The molecule has 0 atom stereocenters. The van der Waals surface area contributed by atoms with E-state index in [9.17, 15) is 4.79 Å². The van der Waals surface area contributed by atoms with Gasteiger partial charge in [-0.15, -0.1) is 15.3 Å². The van der Waals surface area contributed by atoms with Gasteiger partial charge in [0.2, 0.25) is 0 Å². The number of rotatable bonds is 4. The Hall–Kier alpha value is -3.31. The highest BCUT2D eigenvalue weighted by Gasteiger charge is 2.21. The highest BCUT2D eigenvalue weighted by atomic mass is 32.1. The van der Waals surface area contributed by atoms with Crippen LogP contribution in [0.25, 0.3) is 21.5 Å². The van der Waals surface area contributed by atoms with E-state index in [0.717, 1.165) is 52.4 Å². The van der Waals surface area contributed by atoms with Gasteiger partial charge in [-0.25, -0.2) is 9.67 Å². The lowest BCUT2D eigenvalue weighted by Crippen LogP contribution is -2.31. The van der Waals surface area contributed by atoms with Gasteiger partial charge < -0.3 is 10.2 Å². The molecule has 0 saturated carbocycles. The van der Waals surface area contributed by atoms with Gasteiger partial charge >= 0.3 is 0 Å². The number of pyridine rings is 2. The minimum atomic E-state index is -0.338. The molecule has 1 aliphatic heterocycles. The molecule has 0 aliphatic carbocycles. The van der Waals surface area contributed by atoms with Gasteiger partial charge in [0.15, 0.2) is 5.69 Å². The Morgan fingerprint density at radius 1 is 1.13 bits per heavy atom. The maximum Gasteiger partial charge on any atom is 0.278 e. The first-order valence-corrected chi connectivity index (χ1v) is 10.8. The normalized spacial score (nSPS) is 15.4. The van der Waals surface area contributed by atoms with Crippen molar-refractivity contribution in [2.45, 2.75) is 25.8 Å². The zero-order valence-electron chi connectivity index (χ0n) is 17.2. The number of likely N-dealkylation sites (tertiary alicyclic amines) is 1. The average Bonchev–Trinajstić information content (AvgIpc) is 3.43. The Morgan fingerprint density at radius 3 is 2.74 bits per heavy atom. The van der Waals surface area contributed by atoms with Crippen molar-refractivity contribution in [1.29, 1.82) is 0 Å². The molecule has 1 saturated heterocycles. The Bertz CT molecular complexity index is 1240. The molecule has 0 bridgehead atoms. The van der Waals surface area contributed by atoms with Crippen LogP contribution in [0.1, 0.15) is 34.4 Å². The number of anilines is 1. The second-order valence-corrected chi connectivity index (χ2v) is 8.87. The molecule has 1 N–H and O–H groups in total. The van der Waals surface area contributed by atoms with Crippen molar-refractivity contribution in [1.82, 2.24) is 40.1 Å². The van der Waals surface area contributed by atoms with Crippen LogP contribution >= 0.6 is 11.3 Å². The Kier molecular flexibility index (Phi) is 5.12. The van der Waals surface area contributed by atoms with Crippen molar-refractivity contribution < 1.29 is 4.79 Å². The smallest absolute Gasteiger partial charge is 0.278 e. The molecule has 1 amide bonds. The zero-order valence-corrected chi connectivity index (χ0v) is 18.0. The molecule has 4 aromatic heterocycles. The molecule has 4 aromatic rings. The number of hydrogen-bond donors (Lipinski definition) is 1. The van der Waals surface area contributed by atoms with E-state index in [2.05, 4.69) is 47.7 Å². The molecule has 1 fully saturated rings. The van der Waals surface area contributed by atoms with E-state index in [-0.39, 0.29) is 17.6 Å². The fourth-order valence-corrected chi connectivity index (χ4v) is 4.30. The van der Waals surface area contributed by atoms with E-state index in [1.165, 1.54) is 11.3 Å². The van der Waals surface area contributed by atoms with E-state index in [4.69, 9.17) is 0 Å². The van der Waals surface area contributed by atoms with Gasteiger partial charge in [-0.3, -0.25) is 9.78 Å². The van der Waals surface area contributed by atoms with Crippen molar-refractivity contribution in [3.05, 3.63) is 41.4 Å². The highest BCUT2D eigenvalue weighted by molar-refractivity contribution is 7.14. The fraction of sp³-hybridized carbons (Fsp3) is 0.350.